The molecule has 0 saturated heterocycles. The maximum Gasteiger partial charge on any atom is 0.333 e. The van der Waals surface area contributed by atoms with Crippen LogP contribution in [0.2, 0.25) is 0 Å². The summed E-state index contributed by atoms with van der Waals surface area (Å²) in [5, 5.41) is 5.48. The molecule has 4 nitrogen and oxygen atoms in total. The molecule has 0 aliphatic heterocycles. The van der Waals surface area contributed by atoms with Gasteiger partial charge in [-0.2, -0.15) is 13.9 Å². The largest absolute Gasteiger partial charge is 0.333 e. The second kappa shape index (κ2) is 4.16. The number of hydrogen-bond donors (Lipinski definition) is 1. The van der Waals surface area contributed by atoms with Gasteiger partial charge in [-0.3, -0.25) is 4.79 Å². The van der Waals surface area contributed by atoms with Crippen LogP contribution in [0.1, 0.15) is 12.2 Å². The number of anilines is 1. The van der Waals surface area contributed by atoms with Gasteiger partial charge >= 0.3 is 6.55 Å². The third-order valence-electron chi connectivity index (χ3n) is 1.61. The topological polar surface area (TPSA) is 46.9 Å². The number of alkyl halides is 2. The van der Waals surface area contributed by atoms with E-state index in [1.54, 1.807) is 0 Å². The molecule has 0 saturated carbocycles. The first-order chi connectivity index (χ1) is 6.91. The Morgan fingerprint density at radius 2 is 2.27 bits per heavy atom. The van der Waals surface area contributed by atoms with Crippen LogP contribution in [0.15, 0.2) is 18.6 Å². The zero-order valence-electron chi connectivity index (χ0n) is 7.80. The van der Waals surface area contributed by atoms with E-state index >= 15 is 0 Å². The van der Waals surface area contributed by atoms with Crippen LogP contribution in [0.25, 0.3) is 0 Å². The highest BCUT2D eigenvalue weighted by molar-refractivity contribution is 6.01. The standard InChI is InChI=1S/C8H8F3N3O/c1-4(9)7(15)12-6-3-14(8(10)11)13-5(6)2/h3,8H,1H2,2H3,(H,12,15). The number of aromatic nitrogens is 2. The smallest absolute Gasteiger partial charge is 0.317 e. The van der Waals surface area contributed by atoms with Gasteiger partial charge in [0.25, 0.3) is 5.91 Å². The molecule has 0 unspecified atom stereocenters. The fourth-order valence-corrected chi connectivity index (χ4v) is 0.894. The first kappa shape index (κ1) is 11.3. The normalized spacial score (nSPS) is 10.5. The van der Waals surface area contributed by atoms with E-state index in [0.717, 1.165) is 6.20 Å². The average molecular weight is 219 g/mol. The summed E-state index contributed by atoms with van der Waals surface area (Å²) < 4.78 is 37.0. The Morgan fingerprint density at radius 3 is 2.67 bits per heavy atom. The number of carbonyl (C=O) groups excluding carboxylic acids is 1. The molecule has 0 fully saturated rings. The molecule has 1 N–H and O–H groups in total. The number of nitrogens with one attached hydrogen (secondary N) is 1. The van der Waals surface area contributed by atoms with Crippen molar-refractivity contribution in [3.05, 3.63) is 24.3 Å². The van der Waals surface area contributed by atoms with Crippen LogP contribution in [0.5, 0.6) is 0 Å². The van der Waals surface area contributed by atoms with Crippen molar-refractivity contribution >= 4 is 11.6 Å². The lowest BCUT2D eigenvalue weighted by Gasteiger charge is -1.99. The third kappa shape index (κ3) is 2.58. The quantitative estimate of drug-likeness (QED) is 0.790. The lowest BCUT2D eigenvalue weighted by atomic mass is 10.4. The van der Waals surface area contributed by atoms with Gasteiger partial charge in [-0.25, -0.2) is 9.07 Å². The van der Waals surface area contributed by atoms with Gasteiger partial charge in [0, 0.05) is 0 Å². The van der Waals surface area contributed by atoms with Crippen molar-refractivity contribution in [1.29, 1.82) is 0 Å². The minimum atomic E-state index is -2.80. The number of halogens is 3. The summed E-state index contributed by atoms with van der Waals surface area (Å²) in [5.41, 5.74) is 0.198. The number of amides is 1. The first-order valence-electron chi connectivity index (χ1n) is 3.91. The van der Waals surface area contributed by atoms with Crippen molar-refractivity contribution in [3.8, 4) is 0 Å². The van der Waals surface area contributed by atoms with E-state index in [2.05, 4.69) is 17.0 Å². The van der Waals surface area contributed by atoms with Crippen LogP contribution < -0.4 is 5.32 Å². The van der Waals surface area contributed by atoms with Gasteiger partial charge in [-0.1, -0.05) is 6.58 Å². The number of rotatable bonds is 3. The van der Waals surface area contributed by atoms with Gasteiger partial charge in [-0.15, -0.1) is 0 Å². The van der Waals surface area contributed by atoms with Gasteiger partial charge in [0.15, 0.2) is 5.83 Å². The Bertz CT molecular complexity index is 400. The maximum absolute atomic E-state index is 12.3. The molecule has 0 spiro atoms. The Kier molecular flexibility index (Phi) is 3.13. The van der Waals surface area contributed by atoms with Crippen LogP contribution in [0.4, 0.5) is 18.9 Å². The fraction of sp³-hybridized carbons (Fsp3) is 0.250. The van der Waals surface area contributed by atoms with E-state index in [4.69, 9.17) is 0 Å². The molecule has 7 heteroatoms. The number of hydrogen-bond acceptors (Lipinski definition) is 2. The number of nitrogens with zero attached hydrogens (tertiary/aromatic N) is 2. The molecule has 1 rings (SSSR count). The molecule has 0 bridgehead atoms. The summed E-state index contributed by atoms with van der Waals surface area (Å²) in [4.78, 5) is 10.8. The van der Waals surface area contributed by atoms with Gasteiger partial charge in [0.2, 0.25) is 0 Å². The van der Waals surface area contributed by atoms with Crippen LogP contribution in [-0.2, 0) is 4.79 Å². The number of carbonyl (C=O) groups is 1. The summed E-state index contributed by atoms with van der Waals surface area (Å²) >= 11 is 0. The molecule has 0 aliphatic carbocycles. The van der Waals surface area contributed by atoms with Gasteiger partial charge in [0.05, 0.1) is 17.6 Å². The summed E-state index contributed by atoms with van der Waals surface area (Å²) in [6.07, 6.45) is 0.917. The molecule has 15 heavy (non-hydrogen) atoms. The zero-order valence-corrected chi connectivity index (χ0v) is 7.80. The van der Waals surface area contributed by atoms with Crippen LogP contribution >= 0.6 is 0 Å². The molecule has 0 aliphatic rings. The monoisotopic (exact) mass is 219 g/mol. The molecule has 0 atom stereocenters. The Hall–Kier alpha value is -1.79. The minimum absolute atomic E-state index is 0.0269. The zero-order chi connectivity index (χ0) is 11.6. The highest BCUT2D eigenvalue weighted by Crippen LogP contribution is 2.18. The van der Waals surface area contributed by atoms with Crippen LogP contribution in [-0.4, -0.2) is 15.7 Å². The fourth-order valence-electron chi connectivity index (χ4n) is 0.894. The molecule has 0 radical (unpaired) electrons. The molecule has 0 aromatic carbocycles. The summed E-state index contributed by atoms with van der Waals surface area (Å²) in [6.45, 7) is 1.38. The van der Waals surface area contributed by atoms with Gasteiger partial charge < -0.3 is 5.32 Å². The summed E-state index contributed by atoms with van der Waals surface area (Å²) in [5.74, 6) is -2.27. The predicted octanol–water partition coefficient (Wildman–Crippen LogP) is 2.01. The van der Waals surface area contributed by atoms with E-state index < -0.39 is 18.3 Å². The lowest BCUT2D eigenvalue weighted by Crippen LogP contribution is -2.11. The average Bonchev–Trinajstić information content (AvgIpc) is 2.47. The Morgan fingerprint density at radius 1 is 1.67 bits per heavy atom. The second-order valence-electron chi connectivity index (χ2n) is 2.74. The van der Waals surface area contributed by atoms with Gasteiger partial charge in [0.1, 0.15) is 0 Å². The highest BCUT2D eigenvalue weighted by atomic mass is 19.3. The highest BCUT2D eigenvalue weighted by Gasteiger charge is 2.14. The van der Waals surface area contributed by atoms with Crippen molar-refractivity contribution in [2.75, 3.05) is 5.32 Å². The summed E-state index contributed by atoms with van der Waals surface area (Å²) in [7, 11) is 0. The lowest BCUT2D eigenvalue weighted by molar-refractivity contribution is -0.114. The molecule has 1 aromatic rings. The minimum Gasteiger partial charge on any atom is -0.317 e. The molecular formula is C8H8F3N3O. The second-order valence-corrected chi connectivity index (χ2v) is 2.74. The van der Waals surface area contributed by atoms with Crippen molar-refractivity contribution < 1.29 is 18.0 Å². The van der Waals surface area contributed by atoms with Crippen LogP contribution in [0.3, 0.4) is 0 Å². The van der Waals surface area contributed by atoms with E-state index in [1.165, 1.54) is 6.92 Å². The first-order valence-corrected chi connectivity index (χ1v) is 3.91. The molecule has 1 aromatic heterocycles. The molecule has 82 valence electrons. The van der Waals surface area contributed by atoms with E-state index in [9.17, 15) is 18.0 Å². The van der Waals surface area contributed by atoms with E-state index in [0.29, 0.717) is 4.68 Å². The number of aryl methyl sites for hydroxylation is 1. The molecular weight excluding hydrogens is 211 g/mol. The molecule has 1 heterocycles. The van der Waals surface area contributed by atoms with Crippen molar-refractivity contribution in [3.63, 3.8) is 0 Å². The van der Waals surface area contributed by atoms with Crippen molar-refractivity contribution in [2.24, 2.45) is 0 Å². The third-order valence-corrected chi connectivity index (χ3v) is 1.61. The van der Waals surface area contributed by atoms with E-state index in [-0.39, 0.29) is 11.4 Å². The predicted molar refractivity (Wildman–Crippen MR) is 47.1 cm³/mol. The SMILES string of the molecule is C=C(F)C(=O)Nc1cn(C(F)F)nc1C. The van der Waals surface area contributed by atoms with Crippen LogP contribution in [0, 0.1) is 6.92 Å². The Labute approximate surface area is 83.4 Å². The Balaban J connectivity index is 2.86. The molecule has 1 amide bonds. The maximum atomic E-state index is 12.3. The summed E-state index contributed by atoms with van der Waals surface area (Å²) in [6, 6.07) is 0. The van der Waals surface area contributed by atoms with Gasteiger partial charge in [-0.05, 0) is 6.92 Å². The van der Waals surface area contributed by atoms with Crippen molar-refractivity contribution in [2.45, 2.75) is 13.5 Å². The van der Waals surface area contributed by atoms with E-state index in [1.807, 2.05) is 0 Å². The van der Waals surface area contributed by atoms with Crippen molar-refractivity contribution in [1.82, 2.24) is 9.78 Å².